The monoisotopic (exact) mass is 538 g/mol. The lowest BCUT2D eigenvalue weighted by Crippen LogP contribution is -2.51. The third kappa shape index (κ3) is 5.66. The lowest BCUT2D eigenvalue weighted by Gasteiger charge is -2.25. The quantitative estimate of drug-likeness (QED) is 0.406. The van der Waals surface area contributed by atoms with E-state index in [4.69, 9.17) is 9.47 Å². The largest absolute Gasteiger partial charge is 0.496 e. The number of aliphatic carboxylic acids is 1. The fourth-order valence-electron chi connectivity index (χ4n) is 4.66. The molecule has 1 aliphatic heterocycles. The van der Waals surface area contributed by atoms with Gasteiger partial charge in [0.05, 0.1) is 24.7 Å². The van der Waals surface area contributed by atoms with Crippen molar-refractivity contribution in [3.05, 3.63) is 78.4 Å². The molecule has 1 saturated heterocycles. The van der Waals surface area contributed by atoms with E-state index in [9.17, 15) is 23.1 Å². The topological polar surface area (TPSA) is 122 Å². The van der Waals surface area contributed by atoms with Gasteiger partial charge in [0.25, 0.3) is 0 Å². The van der Waals surface area contributed by atoms with Crippen molar-refractivity contribution in [2.24, 2.45) is 0 Å². The maximum atomic E-state index is 13.1. The SMILES string of the molecule is COc1cccc(OC)c1-c1ccc(CC(NC(=O)C2CCCN2S(=O)(=O)c2ccccc2)C(=O)O)cc1. The van der Waals surface area contributed by atoms with E-state index in [1.165, 1.54) is 12.1 Å². The van der Waals surface area contributed by atoms with Crippen molar-refractivity contribution in [3.63, 3.8) is 0 Å². The summed E-state index contributed by atoms with van der Waals surface area (Å²) in [5.41, 5.74) is 2.29. The molecule has 9 nitrogen and oxygen atoms in total. The average Bonchev–Trinajstić information content (AvgIpc) is 3.44. The Morgan fingerprint density at radius 1 is 0.974 bits per heavy atom. The molecule has 3 aromatic carbocycles. The maximum Gasteiger partial charge on any atom is 0.326 e. The standard InChI is InChI=1S/C28H30N2O7S/c1-36-24-11-6-12-25(37-2)26(24)20-15-13-19(14-16-20)18-22(28(32)33)29-27(31)23-10-7-17-30(23)38(34,35)21-8-4-3-5-9-21/h3-6,8-9,11-16,22-23H,7,10,17-18H2,1-2H3,(H,29,31)(H,32,33). The highest BCUT2D eigenvalue weighted by atomic mass is 32.2. The molecule has 1 aliphatic rings. The summed E-state index contributed by atoms with van der Waals surface area (Å²) in [6.07, 6.45) is 0.859. The minimum atomic E-state index is -3.89. The van der Waals surface area contributed by atoms with Crippen molar-refractivity contribution in [2.45, 2.75) is 36.2 Å². The Hall–Kier alpha value is -3.89. The van der Waals surface area contributed by atoms with Crippen LogP contribution in [0.25, 0.3) is 11.1 Å². The zero-order chi connectivity index (χ0) is 27.3. The van der Waals surface area contributed by atoms with Crippen molar-refractivity contribution in [1.29, 1.82) is 0 Å². The second-order valence-corrected chi connectivity index (χ2v) is 10.8. The number of rotatable bonds is 10. The first-order chi connectivity index (χ1) is 18.3. The zero-order valence-corrected chi connectivity index (χ0v) is 22.0. The van der Waals surface area contributed by atoms with Crippen molar-refractivity contribution in [1.82, 2.24) is 9.62 Å². The number of amides is 1. The lowest BCUT2D eigenvalue weighted by molar-refractivity contribution is -0.142. The summed E-state index contributed by atoms with van der Waals surface area (Å²) in [6.45, 7) is 0.195. The van der Waals surface area contributed by atoms with Crippen LogP contribution >= 0.6 is 0 Å². The van der Waals surface area contributed by atoms with E-state index >= 15 is 0 Å². The van der Waals surface area contributed by atoms with E-state index in [0.29, 0.717) is 29.9 Å². The van der Waals surface area contributed by atoms with Crippen LogP contribution in [0.5, 0.6) is 11.5 Å². The minimum Gasteiger partial charge on any atom is -0.496 e. The molecule has 200 valence electrons. The number of hydrogen-bond donors (Lipinski definition) is 2. The molecule has 0 spiro atoms. The van der Waals surface area contributed by atoms with Gasteiger partial charge in [-0.25, -0.2) is 13.2 Å². The Kier molecular flexibility index (Phi) is 8.33. The van der Waals surface area contributed by atoms with Crippen LogP contribution in [0.15, 0.2) is 77.7 Å². The van der Waals surface area contributed by atoms with E-state index in [0.717, 1.165) is 15.4 Å². The van der Waals surface area contributed by atoms with E-state index < -0.39 is 34.0 Å². The number of sulfonamides is 1. The third-order valence-corrected chi connectivity index (χ3v) is 8.50. The van der Waals surface area contributed by atoms with Gasteiger partial charge in [0.2, 0.25) is 15.9 Å². The first-order valence-electron chi connectivity index (χ1n) is 12.2. The normalized spacial score (nSPS) is 16.5. The van der Waals surface area contributed by atoms with Crippen molar-refractivity contribution in [2.75, 3.05) is 20.8 Å². The van der Waals surface area contributed by atoms with Gasteiger partial charge >= 0.3 is 5.97 Å². The number of nitrogens with one attached hydrogen (secondary N) is 1. The number of nitrogens with zero attached hydrogens (tertiary/aromatic N) is 1. The van der Waals surface area contributed by atoms with Gasteiger partial charge in [0.15, 0.2) is 0 Å². The van der Waals surface area contributed by atoms with Crippen LogP contribution in [0.2, 0.25) is 0 Å². The van der Waals surface area contributed by atoms with Crippen LogP contribution in [0.3, 0.4) is 0 Å². The van der Waals surface area contributed by atoms with Gasteiger partial charge in [0.1, 0.15) is 23.6 Å². The van der Waals surface area contributed by atoms with Gasteiger partial charge in [-0.1, -0.05) is 48.5 Å². The molecule has 1 heterocycles. The zero-order valence-electron chi connectivity index (χ0n) is 21.2. The Morgan fingerprint density at radius 2 is 1.61 bits per heavy atom. The van der Waals surface area contributed by atoms with Crippen molar-refractivity contribution >= 4 is 21.9 Å². The predicted octanol–water partition coefficient (Wildman–Crippen LogP) is 3.34. The summed E-state index contributed by atoms with van der Waals surface area (Å²) < 4.78 is 38.3. The highest BCUT2D eigenvalue weighted by Gasteiger charge is 2.40. The summed E-state index contributed by atoms with van der Waals surface area (Å²) in [4.78, 5) is 25.2. The number of carboxylic acids is 1. The molecule has 0 radical (unpaired) electrons. The molecule has 38 heavy (non-hydrogen) atoms. The predicted molar refractivity (Wildman–Crippen MR) is 142 cm³/mol. The minimum absolute atomic E-state index is 0.0303. The third-order valence-electron chi connectivity index (χ3n) is 6.58. The number of carbonyl (C=O) groups excluding carboxylic acids is 1. The second-order valence-electron chi connectivity index (χ2n) is 8.92. The van der Waals surface area contributed by atoms with Crippen molar-refractivity contribution in [3.8, 4) is 22.6 Å². The van der Waals surface area contributed by atoms with Gasteiger partial charge in [0, 0.05) is 13.0 Å². The van der Waals surface area contributed by atoms with E-state index in [2.05, 4.69) is 5.32 Å². The van der Waals surface area contributed by atoms with Crippen molar-refractivity contribution < 1.29 is 32.6 Å². The number of ether oxygens (including phenoxy) is 2. The molecule has 2 unspecified atom stereocenters. The summed E-state index contributed by atoms with van der Waals surface area (Å²) in [6, 6.07) is 18.4. The molecule has 2 atom stereocenters. The lowest BCUT2D eigenvalue weighted by atomic mass is 9.99. The van der Waals surface area contributed by atoms with Crippen LogP contribution in [0.4, 0.5) is 0 Å². The smallest absolute Gasteiger partial charge is 0.326 e. The van der Waals surface area contributed by atoms with Gasteiger partial charge in [-0.15, -0.1) is 0 Å². The molecule has 4 rings (SSSR count). The maximum absolute atomic E-state index is 13.1. The number of benzene rings is 3. The fraction of sp³-hybridized carbons (Fsp3) is 0.286. The average molecular weight is 539 g/mol. The molecule has 10 heteroatoms. The molecule has 3 aromatic rings. The molecule has 1 fully saturated rings. The molecule has 2 N–H and O–H groups in total. The number of hydrogen-bond acceptors (Lipinski definition) is 6. The summed E-state index contributed by atoms with van der Waals surface area (Å²) in [7, 11) is -0.740. The summed E-state index contributed by atoms with van der Waals surface area (Å²) in [5.74, 6) is -0.548. The van der Waals surface area contributed by atoms with Crippen LogP contribution in [-0.2, 0) is 26.0 Å². The van der Waals surface area contributed by atoms with Crippen LogP contribution in [0.1, 0.15) is 18.4 Å². The second kappa shape index (κ2) is 11.7. The Labute approximate surface area is 222 Å². The van der Waals surface area contributed by atoms with Gasteiger partial charge in [-0.3, -0.25) is 4.79 Å². The Bertz CT molecular complexity index is 1370. The van der Waals surface area contributed by atoms with Crippen LogP contribution < -0.4 is 14.8 Å². The first kappa shape index (κ1) is 27.2. The highest BCUT2D eigenvalue weighted by Crippen LogP contribution is 2.38. The fourth-order valence-corrected chi connectivity index (χ4v) is 6.34. The number of carbonyl (C=O) groups is 2. The molecule has 1 amide bonds. The molecule has 0 aromatic heterocycles. The van der Waals surface area contributed by atoms with Crippen LogP contribution in [0, 0.1) is 0 Å². The van der Waals surface area contributed by atoms with E-state index in [1.54, 1.807) is 44.6 Å². The highest BCUT2D eigenvalue weighted by molar-refractivity contribution is 7.89. The molecule has 0 saturated carbocycles. The summed E-state index contributed by atoms with van der Waals surface area (Å²) in [5, 5.41) is 12.4. The Morgan fingerprint density at radius 3 is 2.18 bits per heavy atom. The van der Waals surface area contributed by atoms with Gasteiger partial charge < -0.3 is 19.9 Å². The van der Waals surface area contributed by atoms with E-state index in [-0.39, 0.29) is 17.9 Å². The Balaban J connectivity index is 1.49. The van der Waals surface area contributed by atoms with Crippen LogP contribution in [-0.4, -0.2) is 62.6 Å². The molecule has 0 bridgehead atoms. The number of carboxylic acid groups (broad SMARTS) is 1. The first-order valence-corrected chi connectivity index (χ1v) is 13.6. The molecular formula is C28H30N2O7S. The molecular weight excluding hydrogens is 508 g/mol. The molecule has 0 aliphatic carbocycles. The van der Waals surface area contributed by atoms with E-state index in [1.807, 2.05) is 30.3 Å². The number of methoxy groups -OCH3 is 2. The van der Waals surface area contributed by atoms with Gasteiger partial charge in [-0.05, 0) is 48.2 Å². The van der Waals surface area contributed by atoms with Gasteiger partial charge in [-0.2, -0.15) is 4.31 Å². The summed E-state index contributed by atoms with van der Waals surface area (Å²) >= 11 is 0.